The number of carboxylic acids is 1. The first-order valence-electron chi connectivity index (χ1n) is 5.10. The Morgan fingerprint density at radius 1 is 1.62 bits per heavy atom. The largest absolute Gasteiger partial charge is 0.477 e. The van der Waals surface area contributed by atoms with Crippen LogP contribution in [0.15, 0.2) is 18.2 Å². The zero-order valence-corrected chi connectivity index (χ0v) is 10.3. The highest BCUT2D eigenvalue weighted by Crippen LogP contribution is 2.10. The minimum atomic E-state index is -0.999. The third-order valence-corrected chi connectivity index (χ3v) is 3.27. The smallest absolute Gasteiger partial charge is 0.354 e. The lowest BCUT2D eigenvalue weighted by atomic mass is 10.3. The van der Waals surface area contributed by atoms with E-state index in [-0.39, 0.29) is 5.69 Å². The number of thioether (sulfide) groups is 1. The zero-order chi connectivity index (χ0) is 12.0. The van der Waals surface area contributed by atoms with Gasteiger partial charge < -0.3 is 10.4 Å². The molecule has 2 N–H and O–H groups in total. The Bertz CT molecular complexity index is 358. The SMILES string of the molecule is CSC(C)CCNc1cccc(C(=O)O)n1. The number of aromatic carboxylic acids is 1. The summed E-state index contributed by atoms with van der Waals surface area (Å²) in [5, 5.41) is 12.5. The molecule has 1 aromatic heterocycles. The molecule has 16 heavy (non-hydrogen) atoms. The molecule has 0 bridgehead atoms. The van der Waals surface area contributed by atoms with Crippen molar-refractivity contribution in [3.05, 3.63) is 23.9 Å². The van der Waals surface area contributed by atoms with Crippen LogP contribution in [0.25, 0.3) is 0 Å². The van der Waals surface area contributed by atoms with Crippen molar-refractivity contribution in [2.24, 2.45) is 0 Å². The van der Waals surface area contributed by atoms with Crippen molar-refractivity contribution < 1.29 is 9.90 Å². The molecule has 0 aliphatic rings. The van der Waals surface area contributed by atoms with E-state index in [1.807, 2.05) is 11.8 Å². The number of hydrogen-bond acceptors (Lipinski definition) is 4. The predicted molar refractivity (Wildman–Crippen MR) is 67.3 cm³/mol. The minimum Gasteiger partial charge on any atom is -0.477 e. The first kappa shape index (κ1) is 12.8. The molecule has 0 aromatic carbocycles. The Balaban J connectivity index is 2.48. The van der Waals surface area contributed by atoms with Gasteiger partial charge in [0.1, 0.15) is 5.82 Å². The molecule has 0 spiro atoms. The van der Waals surface area contributed by atoms with Crippen molar-refractivity contribution in [2.45, 2.75) is 18.6 Å². The molecule has 0 fully saturated rings. The van der Waals surface area contributed by atoms with E-state index >= 15 is 0 Å². The molecule has 1 rings (SSSR count). The van der Waals surface area contributed by atoms with E-state index in [1.165, 1.54) is 6.07 Å². The second-order valence-corrected chi connectivity index (χ2v) is 4.75. The fourth-order valence-corrected chi connectivity index (χ4v) is 1.53. The maximum atomic E-state index is 10.7. The molecule has 1 aromatic rings. The molecule has 4 nitrogen and oxygen atoms in total. The van der Waals surface area contributed by atoms with Gasteiger partial charge in [-0.25, -0.2) is 9.78 Å². The zero-order valence-electron chi connectivity index (χ0n) is 9.43. The molecule has 0 saturated heterocycles. The number of rotatable bonds is 6. The van der Waals surface area contributed by atoms with Gasteiger partial charge >= 0.3 is 5.97 Å². The Labute approximate surface area is 99.5 Å². The lowest BCUT2D eigenvalue weighted by molar-refractivity contribution is 0.0690. The van der Waals surface area contributed by atoms with Gasteiger partial charge in [-0.15, -0.1) is 0 Å². The van der Waals surface area contributed by atoms with Crippen LogP contribution in [0.5, 0.6) is 0 Å². The van der Waals surface area contributed by atoms with E-state index in [1.54, 1.807) is 12.1 Å². The molecular weight excluding hydrogens is 224 g/mol. The van der Waals surface area contributed by atoms with Crippen LogP contribution in [0.4, 0.5) is 5.82 Å². The fourth-order valence-electron chi connectivity index (χ4n) is 1.17. The first-order valence-corrected chi connectivity index (χ1v) is 6.39. The summed E-state index contributed by atoms with van der Waals surface area (Å²) in [4.78, 5) is 14.7. The van der Waals surface area contributed by atoms with Crippen LogP contribution in [0.3, 0.4) is 0 Å². The Hall–Kier alpha value is -1.23. The quantitative estimate of drug-likeness (QED) is 0.799. The minimum absolute atomic E-state index is 0.0721. The van der Waals surface area contributed by atoms with Crippen LogP contribution in [0.2, 0.25) is 0 Å². The summed E-state index contributed by atoms with van der Waals surface area (Å²) in [7, 11) is 0. The molecule has 1 heterocycles. The number of nitrogens with one attached hydrogen (secondary N) is 1. The van der Waals surface area contributed by atoms with Gasteiger partial charge in [-0.1, -0.05) is 13.0 Å². The van der Waals surface area contributed by atoms with Crippen molar-refractivity contribution in [2.75, 3.05) is 18.1 Å². The van der Waals surface area contributed by atoms with E-state index in [0.29, 0.717) is 11.1 Å². The number of carbonyl (C=O) groups is 1. The van der Waals surface area contributed by atoms with E-state index in [0.717, 1.165) is 13.0 Å². The average molecular weight is 240 g/mol. The van der Waals surface area contributed by atoms with Crippen molar-refractivity contribution >= 4 is 23.5 Å². The Morgan fingerprint density at radius 2 is 2.38 bits per heavy atom. The summed E-state index contributed by atoms with van der Waals surface area (Å²) in [6.07, 6.45) is 3.11. The summed E-state index contributed by atoms with van der Waals surface area (Å²) in [5.74, 6) is -0.380. The van der Waals surface area contributed by atoms with E-state index in [9.17, 15) is 4.79 Å². The summed E-state index contributed by atoms with van der Waals surface area (Å²) in [5.41, 5.74) is 0.0721. The van der Waals surface area contributed by atoms with Crippen molar-refractivity contribution in [3.8, 4) is 0 Å². The molecule has 0 aliphatic heterocycles. The van der Waals surface area contributed by atoms with Crippen molar-refractivity contribution in [3.63, 3.8) is 0 Å². The highest BCUT2D eigenvalue weighted by atomic mass is 32.2. The van der Waals surface area contributed by atoms with Crippen molar-refractivity contribution in [1.82, 2.24) is 4.98 Å². The maximum absolute atomic E-state index is 10.7. The van der Waals surface area contributed by atoms with Crippen LogP contribution in [-0.2, 0) is 0 Å². The number of nitrogens with zero attached hydrogens (tertiary/aromatic N) is 1. The second-order valence-electron chi connectivity index (χ2n) is 3.47. The Morgan fingerprint density at radius 3 is 3.00 bits per heavy atom. The topological polar surface area (TPSA) is 62.2 Å². The molecular formula is C11H16N2O2S. The Kier molecular flexibility index (Phi) is 5.11. The van der Waals surface area contributed by atoms with Gasteiger partial charge in [-0.3, -0.25) is 0 Å². The maximum Gasteiger partial charge on any atom is 0.354 e. The number of carboxylic acid groups (broad SMARTS) is 1. The van der Waals surface area contributed by atoms with Crippen LogP contribution < -0.4 is 5.32 Å². The third-order valence-electron chi connectivity index (χ3n) is 2.23. The van der Waals surface area contributed by atoms with Gasteiger partial charge in [0.15, 0.2) is 5.69 Å². The highest BCUT2D eigenvalue weighted by molar-refractivity contribution is 7.99. The van der Waals surface area contributed by atoms with Crippen LogP contribution in [0.1, 0.15) is 23.8 Å². The van der Waals surface area contributed by atoms with Crippen molar-refractivity contribution in [1.29, 1.82) is 0 Å². The summed E-state index contributed by atoms with van der Waals surface area (Å²) in [6, 6.07) is 4.95. The summed E-state index contributed by atoms with van der Waals surface area (Å²) < 4.78 is 0. The van der Waals surface area contributed by atoms with Gasteiger partial charge in [0.05, 0.1) is 0 Å². The number of hydrogen-bond donors (Lipinski definition) is 2. The molecule has 1 atom stereocenters. The third kappa shape index (κ3) is 4.10. The van der Waals surface area contributed by atoms with E-state index in [2.05, 4.69) is 23.5 Å². The average Bonchev–Trinajstić information content (AvgIpc) is 2.29. The van der Waals surface area contributed by atoms with Crippen LogP contribution in [-0.4, -0.2) is 34.1 Å². The van der Waals surface area contributed by atoms with Gasteiger partial charge in [0.2, 0.25) is 0 Å². The van der Waals surface area contributed by atoms with Crippen LogP contribution >= 0.6 is 11.8 Å². The lowest BCUT2D eigenvalue weighted by Crippen LogP contribution is -2.10. The molecule has 0 radical (unpaired) electrons. The predicted octanol–water partition coefficient (Wildman–Crippen LogP) is 2.33. The number of aromatic nitrogens is 1. The van der Waals surface area contributed by atoms with Gasteiger partial charge in [0, 0.05) is 11.8 Å². The lowest BCUT2D eigenvalue weighted by Gasteiger charge is -2.09. The molecule has 0 saturated carbocycles. The normalized spacial score (nSPS) is 12.1. The van der Waals surface area contributed by atoms with Crippen LogP contribution in [0, 0.1) is 0 Å². The monoisotopic (exact) mass is 240 g/mol. The fraction of sp³-hybridized carbons (Fsp3) is 0.455. The standard InChI is InChI=1S/C11H16N2O2S/c1-8(16-2)6-7-12-10-5-3-4-9(13-10)11(14)15/h3-5,8H,6-7H2,1-2H3,(H,12,13)(H,14,15). The molecule has 5 heteroatoms. The molecule has 0 amide bonds. The molecule has 88 valence electrons. The first-order chi connectivity index (χ1) is 7.63. The summed E-state index contributed by atoms with van der Waals surface area (Å²) in [6.45, 7) is 2.96. The number of pyridine rings is 1. The van der Waals surface area contributed by atoms with E-state index < -0.39 is 5.97 Å². The van der Waals surface area contributed by atoms with Gasteiger partial charge in [-0.2, -0.15) is 11.8 Å². The van der Waals surface area contributed by atoms with Gasteiger partial charge in [0.25, 0.3) is 0 Å². The van der Waals surface area contributed by atoms with E-state index in [4.69, 9.17) is 5.11 Å². The number of anilines is 1. The molecule has 0 aliphatic carbocycles. The second kappa shape index (κ2) is 6.37. The summed E-state index contributed by atoms with van der Waals surface area (Å²) >= 11 is 1.81. The molecule has 1 unspecified atom stereocenters. The van der Waals surface area contributed by atoms with Gasteiger partial charge in [-0.05, 0) is 24.8 Å². The highest BCUT2D eigenvalue weighted by Gasteiger charge is 2.05.